The van der Waals surface area contributed by atoms with Gasteiger partial charge in [-0.1, -0.05) is 12.1 Å². The molecule has 0 heterocycles. The standard InChI is InChI=1S/C14H15F3O2/c1-2-19-13(18)8-9-6-7-11-10(9)4-3-5-12(11)14(15,16)17/h3-5,9H,2,6-8H2,1H3. The van der Waals surface area contributed by atoms with Gasteiger partial charge < -0.3 is 4.74 Å². The number of carbonyl (C=O) groups is 1. The highest BCUT2D eigenvalue weighted by Gasteiger charge is 2.37. The minimum Gasteiger partial charge on any atom is -0.466 e. The first-order valence-electron chi connectivity index (χ1n) is 6.28. The van der Waals surface area contributed by atoms with Crippen LogP contribution in [0.5, 0.6) is 0 Å². The highest BCUT2D eigenvalue weighted by Crippen LogP contribution is 2.42. The Hall–Kier alpha value is -1.52. The van der Waals surface area contributed by atoms with Crippen molar-refractivity contribution in [3.8, 4) is 0 Å². The van der Waals surface area contributed by atoms with Gasteiger partial charge in [0.05, 0.1) is 18.6 Å². The van der Waals surface area contributed by atoms with E-state index in [1.807, 2.05) is 0 Å². The van der Waals surface area contributed by atoms with E-state index in [2.05, 4.69) is 0 Å². The number of ether oxygens (including phenoxy) is 1. The van der Waals surface area contributed by atoms with Gasteiger partial charge in [0.1, 0.15) is 0 Å². The smallest absolute Gasteiger partial charge is 0.416 e. The van der Waals surface area contributed by atoms with Crippen LogP contribution in [0.25, 0.3) is 0 Å². The summed E-state index contributed by atoms with van der Waals surface area (Å²) in [4.78, 5) is 11.4. The second-order valence-corrected chi connectivity index (χ2v) is 4.62. The third-order valence-corrected chi connectivity index (χ3v) is 3.42. The van der Waals surface area contributed by atoms with Gasteiger partial charge in [-0.05, 0) is 42.9 Å². The first kappa shape index (κ1) is 13.9. The SMILES string of the molecule is CCOC(=O)CC1CCc2c1cccc2C(F)(F)F. The fourth-order valence-corrected chi connectivity index (χ4v) is 2.64. The molecule has 104 valence electrons. The molecule has 0 fully saturated rings. The van der Waals surface area contributed by atoms with Crippen LogP contribution in [0.15, 0.2) is 18.2 Å². The van der Waals surface area contributed by atoms with Crippen molar-refractivity contribution in [1.82, 2.24) is 0 Å². The molecule has 2 nitrogen and oxygen atoms in total. The predicted octanol–water partition coefficient (Wildman–Crippen LogP) is 3.69. The fraction of sp³-hybridized carbons (Fsp3) is 0.500. The maximum Gasteiger partial charge on any atom is 0.416 e. The van der Waals surface area contributed by atoms with Crippen molar-refractivity contribution < 1.29 is 22.7 Å². The Labute approximate surface area is 109 Å². The Kier molecular flexibility index (Phi) is 3.83. The van der Waals surface area contributed by atoms with Crippen molar-refractivity contribution in [2.45, 2.75) is 38.3 Å². The van der Waals surface area contributed by atoms with Crippen molar-refractivity contribution in [2.75, 3.05) is 6.61 Å². The lowest BCUT2D eigenvalue weighted by molar-refractivity contribution is -0.143. The number of rotatable bonds is 3. The summed E-state index contributed by atoms with van der Waals surface area (Å²) >= 11 is 0. The summed E-state index contributed by atoms with van der Waals surface area (Å²) in [5.41, 5.74) is 0.406. The second-order valence-electron chi connectivity index (χ2n) is 4.62. The van der Waals surface area contributed by atoms with Crippen LogP contribution in [0, 0.1) is 0 Å². The molecule has 0 N–H and O–H groups in total. The molecule has 0 bridgehead atoms. The van der Waals surface area contributed by atoms with Gasteiger partial charge in [0, 0.05) is 0 Å². The first-order valence-corrected chi connectivity index (χ1v) is 6.28. The molecule has 0 aromatic heterocycles. The summed E-state index contributed by atoms with van der Waals surface area (Å²) in [6.45, 7) is 2.00. The van der Waals surface area contributed by atoms with Gasteiger partial charge >= 0.3 is 12.1 Å². The molecule has 1 unspecified atom stereocenters. The number of hydrogen-bond acceptors (Lipinski definition) is 2. The molecule has 19 heavy (non-hydrogen) atoms. The van der Waals surface area contributed by atoms with Crippen LogP contribution in [-0.2, 0) is 22.1 Å². The number of halogens is 3. The van der Waals surface area contributed by atoms with Crippen molar-refractivity contribution >= 4 is 5.97 Å². The molecule has 0 saturated carbocycles. The Balaban J connectivity index is 2.24. The normalized spacial score (nSPS) is 18.2. The number of carbonyl (C=O) groups excluding carboxylic acids is 1. The number of hydrogen-bond donors (Lipinski definition) is 0. The predicted molar refractivity (Wildman–Crippen MR) is 63.8 cm³/mol. The van der Waals surface area contributed by atoms with Crippen LogP contribution in [0.1, 0.15) is 42.4 Å². The molecule has 2 rings (SSSR count). The van der Waals surface area contributed by atoms with Crippen LogP contribution >= 0.6 is 0 Å². The van der Waals surface area contributed by atoms with E-state index in [0.29, 0.717) is 30.6 Å². The summed E-state index contributed by atoms with van der Waals surface area (Å²) < 4.78 is 43.4. The third-order valence-electron chi connectivity index (χ3n) is 3.42. The minimum atomic E-state index is -4.33. The van der Waals surface area contributed by atoms with E-state index in [1.165, 1.54) is 6.07 Å². The zero-order chi connectivity index (χ0) is 14.0. The quantitative estimate of drug-likeness (QED) is 0.784. The Bertz CT molecular complexity index is 480. The van der Waals surface area contributed by atoms with Gasteiger partial charge in [-0.2, -0.15) is 13.2 Å². The Morgan fingerprint density at radius 2 is 2.16 bits per heavy atom. The number of esters is 1. The molecule has 1 aliphatic rings. The van der Waals surface area contributed by atoms with E-state index in [4.69, 9.17) is 4.74 Å². The average Bonchev–Trinajstić information content (AvgIpc) is 2.71. The number of fused-ring (bicyclic) bond motifs is 1. The monoisotopic (exact) mass is 272 g/mol. The highest BCUT2D eigenvalue weighted by atomic mass is 19.4. The lowest BCUT2D eigenvalue weighted by atomic mass is 9.96. The molecule has 0 spiro atoms. The number of alkyl halides is 3. The average molecular weight is 272 g/mol. The molecule has 1 aromatic rings. The van der Waals surface area contributed by atoms with Crippen molar-refractivity contribution in [2.24, 2.45) is 0 Å². The van der Waals surface area contributed by atoms with Gasteiger partial charge in [-0.25, -0.2) is 0 Å². The van der Waals surface area contributed by atoms with Gasteiger partial charge in [0.25, 0.3) is 0 Å². The van der Waals surface area contributed by atoms with E-state index in [0.717, 1.165) is 6.07 Å². The van der Waals surface area contributed by atoms with Gasteiger partial charge in [0.2, 0.25) is 0 Å². The van der Waals surface area contributed by atoms with Crippen molar-refractivity contribution in [3.05, 3.63) is 34.9 Å². The molecular formula is C14H15F3O2. The van der Waals surface area contributed by atoms with E-state index in [-0.39, 0.29) is 18.3 Å². The molecule has 0 saturated heterocycles. The molecule has 0 amide bonds. The van der Waals surface area contributed by atoms with Crippen LogP contribution in [-0.4, -0.2) is 12.6 Å². The molecule has 0 radical (unpaired) electrons. The van der Waals surface area contributed by atoms with E-state index < -0.39 is 11.7 Å². The molecule has 0 aliphatic heterocycles. The van der Waals surface area contributed by atoms with Crippen LogP contribution < -0.4 is 0 Å². The first-order chi connectivity index (χ1) is 8.93. The zero-order valence-corrected chi connectivity index (χ0v) is 10.6. The topological polar surface area (TPSA) is 26.3 Å². The highest BCUT2D eigenvalue weighted by molar-refractivity contribution is 5.71. The minimum absolute atomic E-state index is 0.155. The zero-order valence-electron chi connectivity index (χ0n) is 10.6. The summed E-state index contributed by atoms with van der Waals surface area (Å²) in [5, 5.41) is 0. The van der Waals surface area contributed by atoms with Crippen LogP contribution in [0.2, 0.25) is 0 Å². The molecule has 5 heteroatoms. The van der Waals surface area contributed by atoms with Crippen LogP contribution in [0.3, 0.4) is 0 Å². The molecule has 1 aliphatic carbocycles. The maximum atomic E-state index is 12.9. The van der Waals surface area contributed by atoms with Gasteiger partial charge in [0.15, 0.2) is 0 Å². The Morgan fingerprint density at radius 1 is 1.42 bits per heavy atom. The lowest BCUT2D eigenvalue weighted by Crippen LogP contribution is -2.10. The summed E-state index contributed by atoms with van der Waals surface area (Å²) in [7, 11) is 0. The van der Waals surface area contributed by atoms with Gasteiger partial charge in [-0.15, -0.1) is 0 Å². The molecule has 1 atom stereocenters. The van der Waals surface area contributed by atoms with Crippen molar-refractivity contribution in [3.63, 3.8) is 0 Å². The summed E-state index contributed by atoms with van der Waals surface area (Å²) in [6, 6.07) is 4.19. The second kappa shape index (κ2) is 5.23. The van der Waals surface area contributed by atoms with E-state index in [9.17, 15) is 18.0 Å². The lowest BCUT2D eigenvalue weighted by Gasteiger charge is -2.14. The van der Waals surface area contributed by atoms with Gasteiger partial charge in [-0.3, -0.25) is 4.79 Å². The number of benzene rings is 1. The largest absolute Gasteiger partial charge is 0.466 e. The maximum absolute atomic E-state index is 12.9. The summed E-state index contributed by atoms with van der Waals surface area (Å²) in [5.74, 6) is -0.505. The summed E-state index contributed by atoms with van der Waals surface area (Å²) in [6.07, 6.45) is -3.23. The Morgan fingerprint density at radius 3 is 2.79 bits per heavy atom. The molecule has 1 aromatic carbocycles. The third kappa shape index (κ3) is 2.91. The van der Waals surface area contributed by atoms with E-state index in [1.54, 1.807) is 13.0 Å². The van der Waals surface area contributed by atoms with Crippen molar-refractivity contribution in [1.29, 1.82) is 0 Å². The molecular weight excluding hydrogens is 257 g/mol. The van der Waals surface area contributed by atoms with Crippen LogP contribution in [0.4, 0.5) is 13.2 Å². The fourth-order valence-electron chi connectivity index (χ4n) is 2.64. The van der Waals surface area contributed by atoms with E-state index >= 15 is 0 Å².